The molecule has 0 bridgehead atoms. The fraction of sp³-hybridized carbons (Fsp3) is 0.333. The second kappa shape index (κ2) is 7.24. The van der Waals surface area contributed by atoms with Gasteiger partial charge in [0.05, 0.1) is 6.20 Å². The molecule has 0 radical (unpaired) electrons. The zero-order valence-corrected chi connectivity index (χ0v) is 12.9. The van der Waals surface area contributed by atoms with Crippen molar-refractivity contribution in [1.29, 1.82) is 0 Å². The Bertz CT molecular complexity index is 643. The van der Waals surface area contributed by atoms with Crippen LogP contribution in [0.4, 0.5) is 0 Å². The molecule has 1 saturated heterocycles. The van der Waals surface area contributed by atoms with E-state index < -0.39 is 0 Å². The van der Waals surface area contributed by atoms with Gasteiger partial charge < -0.3 is 14.7 Å². The van der Waals surface area contributed by atoms with E-state index in [0.717, 1.165) is 19.4 Å². The number of carbonyl (C=O) groups excluding carboxylic acids is 1. The van der Waals surface area contributed by atoms with E-state index in [2.05, 4.69) is 4.98 Å². The van der Waals surface area contributed by atoms with Crippen molar-refractivity contribution in [1.82, 2.24) is 9.88 Å². The molecule has 1 aliphatic heterocycles. The van der Waals surface area contributed by atoms with E-state index in [0.29, 0.717) is 23.6 Å². The molecule has 2 aromatic rings. The molecular formula is C18H20N2O3. The van der Waals surface area contributed by atoms with E-state index in [1.165, 1.54) is 0 Å². The van der Waals surface area contributed by atoms with Crippen LogP contribution in [-0.2, 0) is 0 Å². The molecule has 23 heavy (non-hydrogen) atoms. The lowest BCUT2D eigenvalue weighted by atomic mass is 9.98. The van der Waals surface area contributed by atoms with Crippen molar-refractivity contribution < 1.29 is 14.6 Å². The first-order valence-electron chi connectivity index (χ1n) is 7.84. The van der Waals surface area contributed by atoms with Crippen molar-refractivity contribution in [3.63, 3.8) is 0 Å². The molecule has 0 spiro atoms. The first-order chi connectivity index (χ1) is 11.3. The molecule has 1 aromatic carbocycles. The summed E-state index contributed by atoms with van der Waals surface area (Å²) in [5.41, 5.74) is 0.641. The number of amides is 1. The van der Waals surface area contributed by atoms with Crippen LogP contribution in [0.1, 0.15) is 23.2 Å². The van der Waals surface area contributed by atoms with E-state index in [1.807, 2.05) is 11.0 Å². The highest BCUT2D eigenvalue weighted by molar-refractivity contribution is 5.94. The Balaban J connectivity index is 1.65. The number of hydrogen-bond acceptors (Lipinski definition) is 4. The molecule has 1 unspecified atom stereocenters. The van der Waals surface area contributed by atoms with Gasteiger partial charge in [0.25, 0.3) is 5.91 Å². The number of nitrogens with zero attached hydrogens (tertiary/aromatic N) is 2. The second-order valence-electron chi connectivity index (χ2n) is 5.76. The Morgan fingerprint density at radius 1 is 1.26 bits per heavy atom. The third kappa shape index (κ3) is 3.87. The number of aliphatic hydroxyl groups excluding tert-OH is 1. The normalized spacial score (nSPS) is 17.8. The summed E-state index contributed by atoms with van der Waals surface area (Å²) in [6, 6.07) is 10.8. The number of benzene rings is 1. The quantitative estimate of drug-likeness (QED) is 0.943. The average Bonchev–Trinajstić information content (AvgIpc) is 2.63. The van der Waals surface area contributed by atoms with Gasteiger partial charge in [0.1, 0.15) is 11.5 Å². The summed E-state index contributed by atoms with van der Waals surface area (Å²) in [6.45, 7) is 1.52. The van der Waals surface area contributed by atoms with E-state index in [-0.39, 0.29) is 18.4 Å². The summed E-state index contributed by atoms with van der Waals surface area (Å²) < 4.78 is 5.67. The molecule has 5 heteroatoms. The van der Waals surface area contributed by atoms with Gasteiger partial charge in [-0.3, -0.25) is 9.78 Å². The van der Waals surface area contributed by atoms with Gasteiger partial charge in [-0.05, 0) is 55.2 Å². The van der Waals surface area contributed by atoms with Crippen LogP contribution in [0.5, 0.6) is 11.5 Å². The number of aliphatic hydroxyl groups is 1. The van der Waals surface area contributed by atoms with Gasteiger partial charge in [-0.1, -0.05) is 0 Å². The highest BCUT2D eigenvalue weighted by Gasteiger charge is 2.23. The van der Waals surface area contributed by atoms with E-state index in [4.69, 9.17) is 4.74 Å². The van der Waals surface area contributed by atoms with E-state index in [9.17, 15) is 9.90 Å². The first-order valence-corrected chi connectivity index (χ1v) is 7.84. The molecule has 1 fully saturated rings. The molecule has 2 heterocycles. The van der Waals surface area contributed by atoms with Crippen LogP contribution < -0.4 is 4.74 Å². The summed E-state index contributed by atoms with van der Waals surface area (Å²) in [4.78, 5) is 18.3. The molecule has 1 atom stereocenters. The Labute approximate surface area is 135 Å². The SMILES string of the molecule is O=C(c1ccc(Oc2cccnc2)cc1)N1CCCC(CO)C1. The molecule has 1 aromatic heterocycles. The fourth-order valence-electron chi connectivity index (χ4n) is 2.79. The molecule has 0 aliphatic carbocycles. The van der Waals surface area contributed by atoms with Gasteiger partial charge in [0, 0.05) is 31.5 Å². The Hall–Kier alpha value is -2.40. The minimum atomic E-state index is 0.0103. The third-order valence-electron chi connectivity index (χ3n) is 4.04. The molecule has 0 saturated carbocycles. The van der Waals surface area contributed by atoms with Crippen LogP contribution in [0.2, 0.25) is 0 Å². The molecular weight excluding hydrogens is 292 g/mol. The molecule has 1 aliphatic rings. The topological polar surface area (TPSA) is 62.7 Å². The number of aromatic nitrogens is 1. The summed E-state index contributed by atoms with van der Waals surface area (Å²) >= 11 is 0. The number of piperidine rings is 1. The second-order valence-corrected chi connectivity index (χ2v) is 5.76. The van der Waals surface area contributed by atoms with Crippen molar-refractivity contribution in [2.75, 3.05) is 19.7 Å². The summed E-state index contributed by atoms with van der Waals surface area (Å²) in [5, 5.41) is 9.28. The maximum absolute atomic E-state index is 12.5. The van der Waals surface area contributed by atoms with Crippen LogP contribution >= 0.6 is 0 Å². The first kappa shape index (κ1) is 15.5. The summed E-state index contributed by atoms with van der Waals surface area (Å²) in [5.74, 6) is 1.53. The smallest absolute Gasteiger partial charge is 0.253 e. The van der Waals surface area contributed by atoms with E-state index in [1.54, 1.807) is 42.7 Å². The largest absolute Gasteiger partial charge is 0.456 e. The van der Waals surface area contributed by atoms with Crippen molar-refractivity contribution in [3.8, 4) is 11.5 Å². The van der Waals surface area contributed by atoms with Crippen molar-refractivity contribution in [2.45, 2.75) is 12.8 Å². The number of hydrogen-bond donors (Lipinski definition) is 1. The predicted molar refractivity (Wildman–Crippen MR) is 86.5 cm³/mol. The fourth-order valence-corrected chi connectivity index (χ4v) is 2.79. The molecule has 1 N–H and O–H groups in total. The molecule has 3 rings (SSSR count). The standard InChI is InChI=1S/C18H20N2O3/c21-13-14-3-2-10-20(12-14)18(22)15-5-7-16(8-6-15)23-17-4-1-9-19-11-17/h1,4-9,11,14,21H,2-3,10,12-13H2. The van der Waals surface area contributed by atoms with Crippen molar-refractivity contribution in [2.24, 2.45) is 5.92 Å². The number of ether oxygens (including phenoxy) is 1. The van der Waals surface area contributed by atoms with Crippen LogP contribution in [-0.4, -0.2) is 40.6 Å². The number of pyridine rings is 1. The number of likely N-dealkylation sites (tertiary alicyclic amines) is 1. The lowest BCUT2D eigenvalue weighted by molar-refractivity contribution is 0.0620. The van der Waals surface area contributed by atoms with E-state index >= 15 is 0 Å². The van der Waals surface area contributed by atoms with Crippen LogP contribution in [0.25, 0.3) is 0 Å². The number of rotatable bonds is 4. The van der Waals surface area contributed by atoms with Crippen LogP contribution in [0.15, 0.2) is 48.8 Å². The highest BCUT2D eigenvalue weighted by Crippen LogP contribution is 2.22. The third-order valence-corrected chi connectivity index (χ3v) is 4.04. The van der Waals surface area contributed by atoms with Crippen LogP contribution in [0.3, 0.4) is 0 Å². The zero-order valence-electron chi connectivity index (χ0n) is 12.9. The highest BCUT2D eigenvalue weighted by atomic mass is 16.5. The Morgan fingerprint density at radius 2 is 2.09 bits per heavy atom. The maximum atomic E-state index is 12.5. The number of carbonyl (C=O) groups is 1. The van der Waals surface area contributed by atoms with Crippen LogP contribution in [0, 0.1) is 5.92 Å². The molecule has 1 amide bonds. The van der Waals surface area contributed by atoms with Crippen molar-refractivity contribution >= 4 is 5.91 Å². The van der Waals surface area contributed by atoms with Gasteiger partial charge in [-0.2, -0.15) is 0 Å². The molecule has 120 valence electrons. The lowest BCUT2D eigenvalue weighted by Gasteiger charge is -2.31. The summed E-state index contributed by atoms with van der Waals surface area (Å²) in [6.07, 6.45) is 5.26. The Morgan fingerprint density at radius 3 is 2.78 bits per heavy atom. The van der Waals surface area contributed by atoms with Gasteiger partial charge in [0.2, 0.25) is 0 Å². The van der Waals surface area contributed by atoms with Gasteiger partial charge >= 0.3 is 0 Å². The van der Waals surface area contributed by atoms with Crippen molar-refractivity contribution in [3.05, 3.63) is 54.4 Å². The molecule has 5 nitrogen and oxygen atoms in total. The van der Waals surface area contributed by atoms with Gasteiger partial charge in [-0.15, -0.1) is 0 Å². The minimum Gasteiger partial charge on any atom is -0.456 e. The average molecular weight is 312 g/mol. The van der Waals surface area contributed by atoms with Gasteiger partial charge in [-0.25, -0.2) is 0 Å². The zero-order chi connectivity index (χ0) is 16.1. The Kier molecular flexibility index (Phi) is 4.88. The lowest BCUT2D eigenvalue weighted by Crippen LogP contribution is -2.40. The summed E-state index contributed by atoms with van der Waals surface area (Å²) in [7, 11) is 0. The maximum Gasteiger partial charge on any atom is 0.253 e. The predicted octanol–water partition coefficient (Wildman–Crippen LogP) is 2.72. The van der Waals surface area contributed by atoms with Gasteiger partial charge in [0.15, 0.2) is 0 Å². The monoisotopic (exact) mass is 312 g/mol. The minimum absolute atomic E-state index is 0.0103.